The maximum atomic E-state index is 11.9. The highest BCUT2D eigenvalue weighted by atomic mass is 127. The van der Waals surface area contributed by atoms with Crippen molar-refractivity contribution >= 4 is 35.8 Å². The second kappa shape index (κ2) is 10.5. The molecule has 1 saturated carbocycles. The molecule has 0 radical (unpaired) electrons. The Kier molecular flexibility index (Phi) is 8.31. The minimum absolute atomic E-state index is 0. The zero-order valence-corrected chi connectivity index (χ0v) is 18.0. The van der Waals surface area contributed by atoms with Crippen LogP contribution in [0, 0.1) is 11.3 Å². The molecule has 1 aliphatic carbocycles. The molecule has 2 fully saturated rings. The Morgan fingerprint density at radius 3 is 2.44 bits per heavy atom. The number of nitrogens with zero attached hydrogens (tertiary/aromatic N) is 4. The molecule has 0 aromatic heterocycles. The van der Waals surface area contributed by atoms with E-state index in [0.29, 0.717) is 24.7 Å². The van der Waals surface area contributed by atoms with Crippen molar-refractivity contribution in [1.82, 2.24) is 20.4 Å². The van der Waals surface area contributed by atoms with Gasteiger partial charge in [-0.1, -0.05) is 12.1 Å². The van der Waals surface area contributed by atoms with Gasteiger partial charge in [0.15, 0.2) is 5.96 Å². The Balaban J connectivity index is 0.00000261. The summed E-state index contributed by atoms with van der Waals surface area (Å²) in [6.45, 7) is 4.57. The van der Waals surface area contributed by atoms with Crippen molar-refractivity contribution in [3.05, 3.63) is 35.4 Å². The van der Waals surface area contributed by atoms with Gasteiger partial charge in [-0.05, 0) is 30.5 Å². The van der Waals surface area contributed by atoms with Gasteiger partial charge in [-0.25, -0.2) is 0 Å². The first-order valence-corrected chi connectivity index (χ1v) is 9.14. The van der Waals surface area contributed by atoms with E-state index >= 15 is 0 Å². The number of carbonyl (C=O) groups excluding carboxylic acids is 1. The molecule has 0 atom stereocenters. The van der Waals surface area contributed by atoms with Crippen LogP contribution in [0.4, 0.5) is 0 Å². The van der Waals surface area contributed by atoms with Crippen molar-refractivity contribution in [1.29, 1.82) is 5.26 Å². The smallest absolute Gasteiger partial charge is 0.234 e. The van der Waals surface area contributed by atoms with E-state index in [1.165, 1.54) is 0 Å². The lowest BCUT2D eigenvalue weighted by atomic mass is 10.1. The Morgan fingerprint density at radius 2 is 1.89 bits per heavy atom. The fourth-order valence-electron chi connectivity index (χ4n) is 3.03. The Hall–Kier alpha value is -1.86. The van der Waals surface area contributed by atoms with E-state index in [1.54, 1.807) is 7.05 Å². The number of benzene rings is 1. The molecule has 1 aliphatic heterocycles. The third-order valence-corrected chi connectivity index (χ3v) is 4.73. The number of rotatable bonds is 5. The lowest BCUT2D eigenvalue weighted by Crippen LogP contribution is -2.54. The highest BCUT2D eigenvalue weighted by Gasteiger charge is 2.25. The Labute approximate surface area is 177 Å². The lowest BCUT2D eigenvalue weighted by molar-refractivity contribution is -0.122. The van der Waals surface area contributed by atoms with E-state index in [1.807, 2.05) is 24.3 Å². The van der Waals surface area contributed by atoms with Crippen LogP contribution >= 0.6 is 24.0 Å². The fraction of sp³-hybridized carbons (Fsp3) is 0.526. The van der Waals surface area contributed by atoms with Crippen LogP contribution in [0.1, 0.15) is 24.0 Å². The van der Waals surface area contributed by atoms with E-state index in [4.69, 9.17) is 5.26 Å². The molecule has 7 nitrogen and oxygen atoms in total. The predicted octanol–water partition coefficient (Wildman–Crippen LogP) is 1.15. The van der Waals surface area contributed by atoms with Crippen LogP contribution in [0.25, 0.3) is 0 Å². The van der Waals surface area contributed by atoms with E-state index in [-0.39, 0.29) is 29.9 Å². The average Bonchev–Trinajstić information content (AvgIpc) is 3.48. The molecule has 27 heavy (non-hydrogen) atoms. The van der Waals surface area contributed by atoms with Crippen LogP contribution in [0.15, 0.2) is 29.3 Å². The molecule has 3 rings (SSSR count). The number of nitriles is 1. The van der Waals surface area contributed by atoms with Gasteiger partial charge in [0.1, 0.15) is 0 Å². The first kappa shape index (κ1) is 21.4. The van der Waals surface area contributed by atoms with E-state index in [0.717, 1.165) is 50.5 Å². The average molecular weight is 482 g/mol. The minimum atomic E-state index is 0. The third-order valence-electron chi connectivity index (χ3n) is 4.73. The summed E-state index contributed by atoms with van der Waals surface area (Å²) >= 11 is 0. The normalized spacial score (nSPS) is 17.6. The highest BCUT2D eigenvalue weighted by Crippen LogP contribution is 2.18. The molecule has 0 spiro atoms. The molecule has 1 aromatic rings. The van der Waals surface area contributed by atoms with Crippen molar-refractivity contribution < 1.29 is 4.79 Å². The molecular weight excluding hydrogens is 455 g/mol. The van der Waals surface area contributed by atoms with Gasteiger partial charge < -0.3 is 15.5 Å². The van der Waals surface area contributed by atoms with Crippen LogP contribution in [-0.2, 0) is 11.3 Å². The summed E-state index contributed by atoms with van der Waals surface area (Å²) in [4.78, 5) is 20.7. The number of nitrogens with one attached hydrogen (secondary N) is 2. The van der Waals surface area contributed by atoms with Crippen LogP contribution in [0.5, 0.6) is 0 Å². The molecule has 1 saturated heterocycles. The van der Waals surface area contributed by atoms with Crippen LogP contribution in [0.2, 0.25) is 0 Å². The number of amides is 1. The number of carbonyl (C=O) groups is 1. The molecule has 8 heteroatoms. The molecule has 1 amide bonds. The number of guanidine groups is 1. The first-order valence-electron chi connectivity index (χ1n) is 9.14. The standard InChI is InChI=1S/C19H26N6O.HI/c1-21-19(22-13-16-4-2-15(12-20)3-5-16)25-10-8-24(9-11-25)14-18(26)23-17-6-7-17;/h2-5,17H,6-11,13-14H2,1H3,(H,21,22)(H,23,26);1H. The maximum Gasteiger partial charge on any atom is 0.234 e. The summed E-state index contributed by atoms with van der Waals surface area (Å²) in [5.41, 5.74) is 1.78. The van der Waals surface area contributed by atoms with Crippen LogP contribution < -0.4 is 10.6 Å². The summed E-state index contributed by atoms with van der Waals surface area (Å²) < 4.78 is 0. The third kappa shape index (κ3) is 6.66. The van der Waals surface area contributed by atoms with Crippen molar-refractivity contribution in [3.63, 3.8) is 0 Å². The number of aliphatic imine (C=N–C) groups is 1. The Bertz CT molecular complexity index is 687. The second-order valence-corrected chi connectivity index (χ2v) is 6.81. The second-order valence-electron chi connectivity index (χ2n) is 6.81. The summed E-state index contributed by atoms with van der Waals surface area (Å²) in [5.74, 6) is 1.01. The van der Waals surface area contributed by atoms with Gasteiger partial charge in [-0.3, -0.25) is 14.7 Å². The van der Waals surface area contributed by atoms with Gasteiger partial charge in [-0.2, -0.15) is 5.26 Å². The largest absolute Gasteiger partial charge is 0.352 e. The predicted molar refractivity (Wildman–Crippen MR) is 116 cm³/mol. The molecule has 0 unspecified atom stereocenters. The van der Waals surface area contributed by atoms with E-state index in [9.17, 15) is 4.79 Å². The number of hydrogen-bond donors (Lipinski definition) is 2. The van der Waals surface area contributed by atoms with Gasteiger partial charge >= 0.3 is 0 Å². The lowest BCUT2D eigenvalue weighted by Gasteiger charge is -2.36. The SMILES string of the molecule is CN=C(NCc1ccc(C#N)cc1)N1CCN(CC(=O)NC2CC2)CC1.I. The van der Waals surface area contributed by atoms with Crippen molar-refractivity contribution in [3.8, 4) is 6.07 Å². The van der Waals surface area contributed by atoms with Gasteiger partial charge in [0.05, 0.1) is 18.2 Å². The number of hydrogen-bond acceptors (Lipinski definition) is 4. The number of halogens is 1. The number of piperazine rings is 1. The Morgan fingerprint density at radius 1 is 1.22 bits per heavy atom. The molecule has 2 aliphatic rings. The molecule has 1 aromatic carbocycles. The highest BCUT2D eigenvalue weighted by molar-refractivity contribution is 14.0. The summed E-state index contributed by atoms with van der Waals surface area (Å²) in [7, 11) is 1.79. The summed E-state index contributed by atoms with van der Waals surface area (Å²) in [5, 5.41) is 15.3. The monoisotopic (exact) mass is 482 g/mol. The quantitative estimate of drug-likeness (QED) is 0.374. The summed E-state index contributed by atoms with van der Waals surface area (Å²) in [6, 6.07) is 10.1. The molecule has 0 bridgehead atoms. The topological polar surface area (TPSA) is 83.8 Å². The minimum Gasteiger partial charge on any atom is -0.352 e. The van der Waals surface area contributed by atoms with Crippen LogP contribution in [-0.4, -0.2) is 67.5 Å². The van der Waals surface area contributed by atoms with Crippen molar-refractivity contribution in [2.24, 2.45) is 4.99 Å². The van der Waals surface area contributed by atoms with Gasteiger partial charge in [0.2, 0.25) is 5.91 Å². The summed E-state index contributed by atoms with van der Waals surface area (Å²) in [6.07, 6.45) is 2.25. The van der Waals surface area contributed by atoms with Crippen molar-refractivity contribution in [2.75, 3.05) is 39.8 Å². The van der Waals surface area contributed by atoms with Gasteiger partial charge in [0.25, 0.3) is 0 Å². The first-order chi connectivity index (χ1) is 12.7. The molecule has 1 heterocycles. The molecule has 146 valence electrons. The fourth-order valence-corrected chi connectivity index (χ4v) is 3.03. The van der Waals surface area contributed by atoms with Crippen LogP contribution in [0.3, 0.4) is 0 Å². The van der Waals surface area contributed by atoms with Gasteiger partial charge in [-0.15, -0.1) is 24.0 Å². The zero-order chi connectivity index (χ0) is 18.4. The molecular formula is C19H27IN6O. The van der Waals surface area contributed by atoms with E-state index < -0.39 is 0 Å². The maximum absolute atomic E-state index is 11.9. The van der Waals surface area contributed by atoms with Gasteiger partial charge in [0, 0.05) is 45.8 Å². The van der Waals surface area contributed by atoms with E-state index in [2.05, 4.69) is 31.5 Å². The molecule has 2 N–H and O–H groups in total. The zero-order valence-electron chi connectivity index (χ0n) is 15.6. The van der Waals surface area contributed by atoms with Crippen molar-refractivity contribution in [2.45, 2.75) is 25.4 Å².